The van der Waals surface area contributed by atoms with Gasteiger partial charge in [-0.1, -0.05) is 21.1 Å². The fraction of sp³-hybridized carbons (Fsp3) is 0.182. The summed E-state index contributed by atoms with van der Waals surface area (Å²) >= 11 is 3.46. The number of nitrogens with two attached hydrogens (primary N) is 1. The van der Waals surface area contributed by atoms with Gasteiger partial charge in [-0.15, -0.1) is 0 Å². The summed E-state index contributed by atoms with van der Waals surface area (Å²) in [6.45, 7) is 1.97. The van der Waals surface area contributed by atoms with Crippen molar-refractivity contribution >= 4 is 21.7 Å². The lowest BCUT2D eigenvalue weighted by atomic mass is 10.1. The van der Waals surface area contributed by atoms with E-state index < -0.39 is 0 Å². The summed E-state index contributed by atoms with van der Waals surface area (Å²) in [6, 6.07) is 5.47. The van der Waals surface area contributed by atoms with Gasteiger partial charge in [-0.05, 0) is 24.6 Å². The molecule has 0 fully saturated rings. The fourth-order valence-electron chi connectivity index (χ4n) is 1.54. The Hall–Kier alpha value is -1.49. The predicted octanol–water partition coefficient (Wildman–Crippen LogP) is 3.00. The maximum absolute atomic E-state index is 5.54. The number of rotatable bonds is 2. The van der Waals surface area contributed by atoms with E-state index in [4.69, 9.17) is 15.0 Å². The van der Waals surface area contributed by atoms with Crippen LogP contribution < -0.4 is 10.5 Å². The number of halogens is 1. The molecule has 2 rings (SSSR count). The molecular weight excluding hydrogens is 272 g/mol. The van der Waals surface area contributed by atoms with Crippen molar-refractivity contribution in [1.82, 2.24) is 5.16 Å². The molecule has 1 aromatic carbocycles. The normalized spacial score (nSPS) is 10.4. The molecule has 4 nitrogen and oxygen atoms in total. The van der Waals surface area contributed by atoms with Crippen molar-refractivity contribution in [2.45, 2.75) is 6.92 Å². The summed E-state index contributed by atoms with van der Waals surface area (Å²) in [4.78, 5) is 0. The lowest BCUT2D eigenvalue weighted by Crippen LogP contribution is -1.91. The van der Waals surface area contributed by atoms with E-state index >= 15 is 0 Å². The first-order valence-electron chi connectivity index (χ1n) is 4.69. The van der Waals surface area contributed by atoms with Gasteiger partial charge in [0.1, 0.15) is 5.75 Å². The number of hydrogen-bond donors (Lipinski definition) is 1. The van der Waals surface area contributed by atoms with Crippen molar-refractivity contribution in [3.05, 3.63) is 28.2 Å². The highest BCUT2D eigenvalue weighted by atomic mass is 79.9. The average Bonchev–Trinajstić information content (AvgIpc) is 2.68. The molecule has 2 N–H and O–H groups in total. The molecular formula is C11H11BrN2O2. The predicted molar refractivity (Wildman–Crippen MR) is 65.3 cm³/mol. The Kier molecular flexibility index (Phi) is 2.87. The molecule has 0 unspecified atom stereocenters. The summed E-state index contributed by atoms with van der Waals surface area (Å²) in [7, 11) is 1.62. The lowest BCUT2D eigenvalue weighted by molar-refractivity contribution is 0.406. The Morgan fingerprint density at radius 2 is 2.19 bits per heavy atom. The smallest absolute Gasteiger partial charge is 0.173 e. The Labute approximate surface area is 102 Å². The molecule has 5 heteroatoms. The second kappa shape index (κ2) is 4.17. The van der Waals surface area contributed by atoms with Gasteiger partial charge in [0, 0.05) is 10.5 Å². The van der Waals surface area contributed by atoms with Crippen LogP contribution in [0, 0.1) is 6.92 Å². The van der Waals surface area contributed by atoms with Gasteiger partial charge in [0.05, 0.1) is 12.7 Å². The molecule has 2 aromatic rings. The van der Waals surface area contributed by atoms with Crippen LogP contribution in [-0.4, -0.2) is 12.3 Å². The minimum atomic E-state index is 0.358. The number of methoxy groups -OCH3 is 1. The van der Waals surface area contributed by atoms with Gasteiger partial charge in [0.2, 0.25) is 0 Å². The summed E-state index contributed by atoms with van der Waals surface area (Å²) < 4.78 is 11.4. The molecule has 16 heavy (non-hydrogen) atoms. The van der Waals surface area contributed by atoms with Crippen LogP contribution in [0.1, 0.15) is 5.56 Å². The maximum atomic E-state index is 5.54. The third-order valence-electron chi connectivity index (χ3n) is 2.36. The fourth-order valence-corrected chi connectivity index (χ4v) is 1.87. The first-order valence-corrected chi connectivity index (χ1v) is 5.48. The van der Waals surface area contributed by atoms with E-state index in [0.717, 1.165) is 21.3 Å². The quantitative estimate of drug-likeness (QED) is 0.920. The van der Waals surface area contributed by atoms with Crippen molar-refractivity contribution < 1.29 is 9.26 Å². The first kappa shape index (κ1) is 11.0. The molecule has 0 spiro atoms. The van der Waals surface area contributed by atoms with Gasteiger partial charge in [-0.2, -0.15) is 0 Å². The van der Waals surface area contributed by atoms with Gasteiger partial charge in [0.15, 0.2) is 11.6 Å². The summed E-state index contributed by atoms with van der Waals surface area (Å²) in [5, 5.41) is 3.67. The van der Waals surface area contributed by atoms with E-state index in [9.17, 15) is 0 Å². The van der Waals surface area contributed by atoms with Gasteiger partial charge >= 0.3 is 0 Å². The van der Waals surface area contributed by atoms with Crippen LogP contribution in [0.25, 0.3) is 11.3 Å². The van der Waals surface area contributed by atoms with E-state index in [-0.39, 0.29) is 0 Å². The molecule has 84 valence electrons. The second-order valence-corrected chi connectivity index (χ2v) is 4.22. The van der Waals surface area contributed by atoms with E-state index in [1.165, 1.54) is 0 Å². The molecule has 0 saturated carbocycles. The Bertz CT molecular complexity index is 523. The molecule has 1 aromatic heterocycles. The third-order valence-corrected chi connectivity index (χ3v) is 3.21. The summed E-state index contributed by atoms with van der Waals surface area (Å²) in [5.41, 5.74) is 7.42. The lowest BCUT2D eigenvalue weighted by Gasteiger charge is -2.10. The highest BCUT2D eigenvalue weighted by molar-refractivity contribution is 9.10. The second-order valence-electron chi connectivity index (χ2n) is 3.37. The molecule has 0 amide bonds. The standard InChI is InChI=1S/C11H11BrN2O2/c1-6-7(12)3-4-8(15-2)11(6)9-5-10(13)14-16-9/h3-5H,1-2H3,(H2,13,14). The van der Waals surface area contributed by atoms with E-state index in [2.05, 4.69) is 21.1 Å². The van der Waals surface area contributed by atoms with Crippen molar-refractivity contribution in [2.24, 2.45) is 0 Å². The topological polar surface area (TPSA) is 61.3 Å². The SMILES string of the molecule is COc1ccc(Br)c(C)c1-c1cc(N)no1. The van der Waals surface area contributed by atoms with Crippen molar-refractivity contribution in [2.75, 3.05) is 12.8 Å². The Balaban J connectivity index is 2.66. The molecule has 0 aliphatic carbocycles. The van der Waals surface area contributed by atoms with Crippen molar-refractivity contribution in [1.29, 1.82) is 0 Å². The van der Waals surface area contributed by atoms with Crippen LogP contribution >= 0.6 is 15.9 Å². The van der Waals surface area contributed by atoms with Gasteiger partial charge in [-0.25, -0.2) is 0 Å². The van der Waals surface area contributed by atoms with Crippen LogP contribution in [0.5, 0.6) is 5.75 Å². The molecule has 0 bridgehead atoms. The third kappa shape index (κ3) is 1.78. The molecule has 0 aliphatic rings. The van der Waals surface area contributed by atoms with Crippen LogP contribution in [0.4, 0.5) is 5.82 Å². The first-order chi connectivity index (χ1) is 7.63. The number of nitrogen functional groups attached to an aromatic ring is 1. The van der Waals surface area contributed by atoms with Gasteiger partial charge in [-0.3, -0.25) is 0 Å². The molecule has 0 radical (unpaired) electrons. The van der Waals surface area contributed by atoms with E-state index in [1.807, 2.05) is 19.1 Å². The number of benzene rings is 1. The molecule has 0 atom stereocenters. The zero-order chi connectivity index (χ0) is 11.7. The minimum Gasteiger partial charge on any atom is -0.496 e. The van der Waals surface area contributed by atoms with Crippen LogP contribution in [0.3, 0.4) is 0 Å². The maximum Gasteiger partial charge on any atom is 0.173 e. The number of nitrogens with zero attached hydrogens (tertiary/aromatic N) is 1. The Morgan fingerprint density at radius 3 is 2.75 bits per heavy atom. The number of hydrogen-bond acceptors (Lipinski definition) is 4. The molecule has 1 heterocycles. The zero-order valence-electron chi connectivity index (χ0n) is 8.95. The van der Waals surface area contributed by atoms with Gasteiger partial charge in [0.25, 0.3) is 0 Å². The van der Waals surface area contributed by atoms with Crippen molar-refractivity contribution in [3.63, 3.8) is 0 Å². The summed E-state index contributed by atoms with van der Waals surface area (Å²) in [5.74, 6) is 1.70. The largest absolute Gasteiger partial charge is 0.496 e. The molecule has 0 aliphatic heterocycles. The molecule has 0 saturated heterocycles. The van der Waals surface area contributed by atoms with Gasteiger partial charge < -0.3 is 15.0 Å². The van der Waals surface area contributed by atoms with Crippen molar-refractivity contribution in [3.8, 4) is 17.1 Å². The highest BCUT2D eigenvalue weighted by Gasteiger charge is 2.15. The van der Waals surface area contributed by atoms with E-state index in [0.29, 0.717) is 11.6 Å². The van der Waals surface area contributed by atoms with Crippen LogP contribution in [0.15, 0.2) is 27.2 Å². The summed E-state index contributed by atoms with van der Waals surface area (Å²) in [6.07, 6.45) is 0. The average molecular weight is 283 g/mol. The number of ether oxygens (including phenoxy) is 1. The number of anilines is 1. The van der Waals surface area contributed by atoms with Crippen LogP contribution in [-0.2, 0) is 0 Å². The highest BCUT2D eigenvalue weighted by Crippen LogP contribution is 2.37. The zero-order valence-corrected chi connectivity index (χ0v) is 10.5. The van der Waals surface area contributed by atoms with Crippen LogP contribution in [0.2, 0.25) is 0 Å². The Morgan fingerprint density at radius 1 is 1.44 bits per heavy atom. The number of aromatic nitrogens is 1. The monoisotopic (exact) mass is 282 g/mol. The van der Waals surface area contributed by atoms with E-state index in [1.54, 1.807) is 13.2 Å². The minimum absolute atomic E-state index is 0.358.